The highest BCUT2D eigenvalue weighted by atomic mass is 32.2. The lowest BCUT2D eigenvalue weighted by atomic mass is 9.87. The summed E-state index contributed by atoms with van der Waals surface area (Å²) in [4.78, 5) is 14.8. The average molecular weight is 427 g/mol. The van der Waals surface area contributed by atoms with Gasteiger partial charge in [0.25, 0.3) is 0 Å². The van der Waals surface area contributed by atoms with Crippen molar-refractivity contribution in [1.29, 1.82) is 0 Å². The molecule has 5 nitrogen and oxygen atoms in total. The first-order valence-electron chi connectivity index (χ1n) is 11.0. The zero-order valence-electron chi connectivity index (χ0n) is 18.9. The summed E-state index contributed by atoms with van der Waals surface area (Å²) in [6, 6.07) is 8.56. The lowest BCUT2D eigenvalue weighted by Crippen LogP contribution is -2.32. The molecule has 0 aliphatic heterocycles. The fourth-order valence-electron chi connectivity index (χ4n) is 3.82. The van der Waals surface area contributed by atoms with Crippen LogP contribution in [-0.4, -0.2) is 37.9 Å². The highest BCUT2D eigenvalue weighted by molar-refractivity contribution is 7.99. The Morgan fingerprint density at radius 2 is 1.87 bits per heavy atom. The molecule has 1 heterocycles. The molecule has 1 amide bonds. The molecule has 3 rings (SSSR count). The van der Waals surface area contributed by atoms with Gasteiger partial charge in [-0.25, -0.2) is 0 Å². The van der Waals surface area contributed by atoms with Gasteiger partial charge in [-0.3, -0.25) is 4.79 Å². The third kappa shape index (κ3) is 5.15. The fraction of sp³-hybridized carbons (Fsp3) is 0.542. The van der Waals surface area contributed by atoms with Gasteiger partial charge in [0.1, 0.15) is 0 Å². The fourth-order valence-corrected chi connectivity index (χ4v) is 4.70. The summed E-state index contributed by atoms with van der Waals surface area (Å²) in [5.74, 6) is 1.39. The van der Waals surface area contributed by atoms with Gasteiger partial charge in [-0.05, 0) is 50.5 Å². The highest BCUT2D eigenvalue weighted by Gasteiger charge is 2.21. The molecular weight excluding hydrogens is 392 g/mol. The Bertz CT molecular complexity index is 893. The molecule has 0 radical (unpaired) electrons. The van der Waals surface area contributed by atoms with Gasteiger partial charge < -0.3 is 9.47 Å². The molecule has 0 bridgehead atoms. The molecule has 1 aliphatic carbocycles. The van der Waals surface area contributed by atoms with Crippen LogP contribution >= 0.6 is 11.8 Å². The summed E-state index contributed by atoms with van der Waals surface area (Å²) in [6.45, 7) is 12.3. The van der Waals surface area contributed by atoms with Crippen molar-refractivity contribution in [2.45, 2.75) is 77.4 Å². The smallest absolute Gasteiger partial charge is 0.237 e. The molecule has 0 fully saturated rings. The molecule has 1 aromatic heterocycles. The van der Waals surface area contributed by atoms with Crippen LogP contribution in [0.5, 0.6) is 0 Å². The maximum atomic E-state index is 12.9. The molecule has 0 saturated carbocycles. The van der Waals surface area contributed by atoms with E-state index in [1.165, 1.54) is 35.9 Å². The molecular formula is C24H34N4OS. The number of carbonyl (C=O) groups excluding carboxylic acids is 1. The summed E-state index contributed by atoms with van der Waals surface area (Å²) < 4.78 is 2.10. The van der Waals surface area contributed by atoms with Crippen LogP contribution in [0.2, 0.25) is 0 Å². The Labute approximate surface area is 185 Å². The van der Waals surface area contributed by atoms with Crippen LogP contribution in [0, 0.1) is 0 Å². The topological polar surface area (TPSA) is 51.0 Å². The summed E-state index contributed by atoms with van der Waals surface area (Å²) in [6.07, 6.45) is 6.70. The number of rotatable bonds is 7. The molecule has 162 valence electrons. The monoisotopic (exact) mass is 426 g/mol. The first-order chi connectivity index (χ1) is 14.3. The Morgan fingerprint density at radius 3 is 2.43 bits per heavy atom. The molecule has 30 heavy (non-hydrogen) atoms. The Hall–Kier alpha value is -2.08. The number of carbonyl (C=O) groups is 1. The molecule has 0 atom stereocenters. The van der Waals surface area contributed by atoms with Crippen LogP contribution in [0.3, 0.4) is 0 Å². The molecule has 0 spiro atoms. The zero-order valence-corrected chi connectivity index (χ0v) is 19.8. The van der Waals surface area contributed by atoms with E-state index in [9.17, 15) is 4.79 Å². The summed E-state index contributed by atoms with van der Waals surface area (Å²) >= 11 is 1.48. The van der Waals surface area contributed by atoms with Crippen LogP contribution in [0.25, 0.3) is 11.4 Å². The highest BCUT2D eigenvalue weighted by Crippen LogP contribution is 2.28. The van der Waals surface area contributed by atoms with E-state index < -0.39 is 0 Å². The van der Waals surface area contributed by atoms with E-state index >= 15 is 0 Å². The van der Waals surface area contributed by atoms with Crippen LogP contribution in [-0.2, 0) is 16.8 Å². The SMILES string of the molecule is CCN(C(=O)CSc1nnc(-c2ccc(C(C)(C)C)cc2)n1CC)C1=CCCCC1. The van der Waals surface area contributed by atoms with Gasteiger partial charge in [0, 0.05) is 24.4 Å². The second-order valence-corrected chi connectivity index (χ2v) is 9.69. The van der Waals surface area contributed by atoms with Gasteiger partial charge in [-0.15, -0.1) is 10.2 Å². The minimum atomic E-state index is 0.122. The van der Waals surface area contributed by atoms with Crippen LogP contribution in [0.1, 0.15) is 65.9 Å². The maximum Gasteiger partial charge on any atom is 0.237 e. The Balaban J connectivity index is 1.72. The summed E-state index contributed by atoms with van der Waals surface area (Å²) in [5.41, 5.74) is 3.66. The lowest BCUT2D eigenvalue weighted by Gasteiger charge is -2.26. The molecule has 0 unspecified atom stereocenters. The van der Waals surface area contributed by atoms with Crippen LogP contribution < -0.4 is 0 Å². The maximum absolute atomic E-state index is 12.9. The first-order valence-corrected chi connectivity index (χ1v) is 12.0. The normalized spacial score (nSPS) is 14.5. The van der Waals surface area contributed by atoms with Crippen molar-refractivity contribution >= 4 is 17.7 Å². The number of hydrogen-bond donors (Lipinski definition) is 0. The Morgan fingerprint density at radius 1 is 1.13 bits per heavy atom. The molecule has 0 N–H and O–H groups in total. The van der Waals surface area contributed by atoms with Crippen molar-refractivity contribution in [1.82, 2.24) is 19.7 Å². The van der Waals surface area contributed by atoms with E-state index in [2.05, 4.69) is 72.8 Å². The molecule has 1 aliphatic rings. The van der Waals surface area contributed by atoms with E-state index in [1.54, 1.807) is 0 Å². The van der Waals surface area contributed by atoms with Crippen molar-refractivity contribution in [3.63, 3.8) is 0 Å². The van der Waals surface area contributed by atoms with E-state index in [0.717, 1.165) is 42.5 Å². The van der Waals surface area contributed by atoms with E-state index in [4.69, 9.17) is 0 Å². The van der Waals surface area contributed by atoms with E-state index in [0.29, 0.717) is 5.75 Å². The minimum absolute atomic E-state index is 0.122. The quantitative estimate of drug-likeness (QED) is 0.536. The van der Waals surface area contributed by atoms with Gasteiger partial charge in [0.05, 0.1) is 5.75 Å². The first kappa shape index (κ1) is 22.6. The molecule has 2 aromatic rings. The lowest BCUT2D eigenvalue weighted by molar-refractivity contribution is -0.126. The number of amides is 1. The van der Waals surface area contributed by atoms with Gasteiger partial charge in [-0.2, -0.15) is 0 Å². The number of thioether (sulfide) groups is 1. The second kappa shape index (κ2) is 9.82. The van der Waals surface area contributed by atoms with Gasteiger partial charge >= 0.3 is 0 Å². The molecule has 0 saturated heterocycles. The van der Waals surface area contributed by atoms with Gasteiger partial charge in [0.2, 0.25) is 5.91 Å². The number of aromatic nitrogens is 3. The third-order valence-corrected chi connectivity index (χ3v) is 6.55. The third-order valence-electron chi connectivity index (χ3n) is 5.60. The van der Waals surface area contributed by atoms with Crippen molar-refractivity contribution in [3.05, 3.63) is 41.6 Å². The summed E-state index contributed by atoms with van der Waals surface area (Å²) in [7, 11) is 0. The number of hydrogen-bond acceptors (Lipinski definition) is 4. The van der Waals surface area contributed by atoms with Crippen LogP contribution in [0.4, 0.5) is 0 Å². The zero-order chi connectivity index (χ0) is 21.7. The van der Waals surface area contributed by atoms with Gasteiger partial charge in [0.15, 0.2) is 11.0 Å². The van der Waals surface area contributed by atoms with Crippen molar-refractivity contribution in [2.75, 3.05) is 12.3 Å². The van der Waals surface area contributed by atoms with Crippen LogP contribution in [0.15, 0.2) is 41.2 Å². The predicted molar refractivity (Wildman–Crippen MR) is 124 cm³/mol. The second-order valence-electron chi connectivity index (χ2n) is 8.75. The largest absolute Gasteiger partial charge is 0.316 e. The standard InChI is InChI=1S/C24H34N4OS/c1-6-27(20-11-9-8-10-12-20)21(29)17-30-23-26-25-22(28(23)7-2)18-13-15-19(16-14-18)24(3,4)5/h11,13-16H,6-10,12,17H2,1-5H3. The predicted octanol–water partition coefficient (Wildman–Crippen LogP) is 5.66. The van der Waals surface area contributed by atoms with E-state index in [-0.39, 0.29) is 11.3 Å². The molecule has 6 heteroatoms. The number of nitrogens with zero attached hydrogens (tertiary/aromatic N) is 4. The van der Waals surface area contributed by atoms with Gasteiger partial charge in [-0.1, -0.05) is 62.9 Å². The van der Waals surface area contributed by atoms with Crippen molar-refractivity contribution in [2.24, 2.45) is 0 Å². The van der Waals surface area contributed by atoms with E-state index in [1.807, 2.05) is 11.8 Å². The van der Waals surface area contributed by atoms with Crippen molar-refractivity contribution < 1.29 is 4.79 Å². The Kier molecular flexibility index (Phi) is 7.40. The molecule has 1 aromatic carbocycles. The summed E-state index contributed by atoms with van der Waals surface area (Å²) in [5, 5.41) is 9.63. The van der Waals surface area contributed by atoms with Crippen molar-refractivity contribution in [3.8, 4) is 11.4 Å². The average Bonchev–Trinajstić information content (AvgIpc) is 3.16. The minimum Gasteiger partial charge on any atom is -0.316 e. The number of allylic oxidation sites excluding steroid dienone is 2. The number of benzene rings is 1.